The van der Waals surface area contributed by atoms with Crippen molar-refractivity contribution in [2.24, 2.45) is 0 Å². The van der Waals surface area contributed by atoms with E-state index < -0.39 is 35.7 Å². The van der Waals surface area contributed by atoms with E-state index in [1.165, 1.54) is 14.2 Å². The number of allylic oxidation sites excluding steroid dienone is 4. The van der Waals surface area contributed by atoms with Crippen molar-refractivity contribution in [3.05, 3.63) is 140 Å². The lowest BCUT2D eigenvalue weighted by atomic mass is 9.80. The zero-order valence-electron chi connectivity index (χ0n) is 27.4. The number of rotatable bonds is 8. The molecule has 2 aliphatic heterocycles. The molecule has 252 valence electrons. The van der Waals surface area contributed by atoms with E-state index in [4.69, 9.17) is 42.1 Å². The lowest BCUT2D eigenvalue weighted by Gasteiger charge is -2.30. The van der Waals surface area contributed by atoms with Crippen LogP contribution in [0.4, 0.5) is 0 Å². The van der Waals surface area contributed by atoms with Crippen LogP contribution in [0.25, 0.3) is 0 Å². The standard InChI is InChI=1S/2C18H18ClNO4/c2*1-5-24-18(22)15-11(3)20-10(2)14(17(21)23-4)16(15)12-8-6-7-9-13(12)19/h2*5-9,16,20H,1H2,2-4H3/t2*16-/m10/s1. The van der Waals surface area contributed by atoms with Crippen LogP contribution in [0.3, 0.4) is 0 Å². The van der Waals surface area contributed by atoms with E-state index in [1.54, 1.807) is 76.2 Å². The molecule has 0 aromatic heterocycles. The van der Waals surface area contributed by atoms with Gasteiger partial charge in [-0.15, -0.1) is 0 Å². The molecule has 2 atom stereocenters. The summed E-state index contributed by atoms with van der Waals surface area (Å²) in [4.78, 5) is 49.6. The lowest BCUT2D eigenvalue weighted by molar-refractivity contribution is -0.138. The molecular weight excluding hydrogens is 659 g/mol. The number of dihydropyridines is 2. The van der Waals surface area contributed by atoms with Crippen LogP contribution in [-0.2, 0) is 38.1 Å². The molecule has 0 saturated heterocycles. The quantitative estimate of drug-likeness (QED) is 0.172. The Labute approximate surface area is 289 Å². The number of nitrogens with one attached hydrogen (secondary N) is 2. The first-order valence-corrected chi connectivity index (χ1v) is 15.3. The van der Waals surface area contributed by atoms with Gasteiger partial charge in [-0.3, -0.25) is 0 Å². The number of methoxy groups -OCH3 is 2. The number of hydrogen-bond acceptors (Lipinski definition) is 10. The third-order valence-corrected chi connectivity index (χ3v) is 8.27. The van der Waals surface area contributed by atoms with Gasteiger partial charge in [0.15, 0.2) is 0 Å². The van der Waals surface area contributed by atoms with E-state index in [0.29, 0.717) is 55.1 Å². The van der Waals surface area contributed by atoms with Gasteiger partial charge < -0.3 is 29.6 Å². The Morgan fingerprint density at radius 3 is 1.15 bits per heavy atom. The Bertz CT molecular complexity index is 1660. The minimum absolute atomic E-state index is 0.286. The molecule has 0 saturated carbocycles. The summed E-state index contributed by atoms with van der Waals surface area (Å²) in [6.07, 6.45) is 2.10. The van der Waals surface area contributed by atoms with Crippen LogP contribution in [0.1, 0.15) is 50.7 Å². The molecule has 2 aromatic rings. The Morgan fingerprint density at radius 1 is 0.583 bits per heavy atom. The van der Waals surface area contributed by atoms with Crippen LogP contribution in [0.5, 0.6) is 0 Å². The average Bonchev–Trinajstić information content (AvgIpc) is 3.04. The molecule has 0 spiro atoms. The highest BCUT2D eigenvalue weighted by Crippen LogP contribution is 2.43. The monoisotopic (exact) mass is 694 g/mol. The van der Waals surface area contributed by atoms with Crippen molar-refractivity contribution in [3.63, 3.8) is 0 Å². The maximum atomic E-state index is 12.5. The van der Waals surface area contributed by atoms with Gasteiger partial charge in [-0.05, 0) is 51.0 Å². The number of esters is 4. The molecule has 2 heterocycles. The number of carbonyl (C=O) groups is 4. The molecule has 0 unspecified atom stereocenters. The summed E-state index contributed by atoms with van der Waals surface area (Å²) in [7, 11) is 2.58. The molecule has 48 heavy (non-hydrogen) atoms. The minimum Gasteiger partial charge on any atom is -0.466 e. The molecule has 12 heteroatoms. The first kappa shape index (κ1) is 37.4. The van der Waals surface area contributed by atoms with Gasteiger partial charge in [0.2, 0.25) is 0 Å². The Balaban J connectivity index is 0.000000260. The molecule has 2 aromatic carbocycles. The lowest BCUT2D eigenvalue weighted by Crippen LogP contribution is -2.32. The van der Waals surface area contributed by atoms with Crippen LogP contribution in [-0.4, -0.2) is 38.1 Å². The molecule has 0 radical (unpaired) electrons. The normalized spacial score (nSPS) is 17.2. The summed E-state index contributed by atoms with van der Waals surface area (Å²) in [6.45, 7) is 13.8. The summed E-state index contributed by atoms with van der Waals surface area (Å²) in [5.74, 6) is -3.68. The first-order chi connectivity index (χ1) is 22.8. The molecule has 2 N–H and O–H groups in total. The zero-order chi connectivity index (χ0) is 35.7. The fourth-order valence-electron chi connectivity index (χ4n) is 5.61. The van der Waals surface area contributed by atoms with Crippen molar-refractivity contribution in [3.8, 4) is 0 Å². The van der Waals surface area contributed by atoms with E-state index >= 15 is 0 Å². The van der Waals surface area contributed by atoms with Crippen molar-refractivity contribution in [1.29, 1.82) is 0 Å². The fraction of sp³-hybridized carbons (Fsp3) is 0.222. The summed E-state index contributed by atoms with van der Waals surface area (Å²) in [5.41, 5.74) is 4.79. The fourth-order valence-corrected chi connectivity index (χ4v) is 6.10. The molecule has 0 aliphatic carbocycles. The summed E-state index contributed by atoms with van der Waals surface area (Å²) >= 11 is 12.6. The maximum absolute atomic E-state index is 12.5. The third kappa shape index (κ3) is 7.90. The molecular formula is C36H36Cl2N2O8. The van der Waals surface area contributed by atoms with Gasteiger partial charge in [0.25, 0.3) is 0 Å². The number of carbonyl (C=O) groups excluding carboxylic acids is 4. The zero-order valence-corrected chi connectivity index (χ0v) is 28.9. The molecule has 4 rings (SSSR count). The Morgan fingerprint density at radius 2 is 0.875 bits per heavy atom. The largest absolute Gasteiger partial charge is 0.466 e. The number of halogens is 2. The van der Waals surface area contributed by atoms with E-state index in [1.807, 2.05) is 0 Å². The topological polar surface area (TPSA) is 129 Å². The molecule has 0 amide bonds. The SMILES string of the molecule is C=COC(=O)C1=C(C)NC(C)=C(C(=O)OC)[C@@H]1c1ccccc1Cl.C=COC(=O)C1=C(C)NC(C)=C(C(=O)OC)[C@H]1c1ccccc1Cl. The molecule has 0 fully saturated rings. The molecule has 10 nitrogen and oxygen atoms in total. The van der Waals surface area contributed by atoms with E-state index in [2.05, 4.69) is 23.8 Å². The van der Waals surface area contributed by atoms with Crippen LogP contribution in [0.15, 0.2) is 119 Å². The average molecular weight is 696 g/mol. The second-order valence-electron chi connectivity index (χ2n) is 10.4. The minimum atomic E-state index is -0.695. The summed E-state index contributed by atoms with van der Waals surface area (Å²) in [5, 5.41) is 6.95. The highest BCUT2D eigenvalue weighted by molar-refractivity contribution is 6.32. The van der Waals surface area contributed by atoms with Gasteiger partial charge >= 0.3 is 23.9 Å². The maximum Gasteiger partial charge on any atom is 0.341 e. The van der Waals surface area contributed by atoms with Crippen molar-refractivity contribution in [2.45, 2.75) is 39.5 Å². The van der Waals surface area contributed by atoms with Crippen LogP contribution in [0.2, 0.25) is 10.0 Å². The van der Waals surface area contributed by atoms with Gasteiger partial charge in [-0.2, -0.15) is 0 Å². The van der Waals surface area contributed by atoms with Gasteiger partial charge in [0, 0.05) is 32.8 Å². The first-order valence-electron chi connectivity index (χ1n) is 14.5. The van der Waals surface area contributed by atoms with Crippen molar-refractivity contribution < 1.29 is 38.1 Å². The third-order valence-electron chi connectivity index (χ3n) is 7.58. The molecule has 2 aliphatic rings. The highest BCUT2D eigenvalue weighted by atomic mass is 35.5. The van der Waals surface area contributed by atoms with Crippen LogP contribution < -0.4 is 10.6 Å². The van der Waals surface area contributed by atoms with Gasteiger partial charge in [-0.1, -0.05) is 72.8 Å². The van der Waals surface area contributed by atoms with Crippen molar-refractivity contribution in [1.82, 2.24) is 10.6 Å². The predicted molar refractivity (Wildman–Crippen MR) is 182 cm³/mol. The Hall–Kier alpha value is -5.06. The predicted octanol–water partition coefficient (Wildman–Crippen LogP) is 6.87. The van der Waals surface area contributed by atoms with E-state index in [0.717, 1.165) is 12.5 Å². The number of hydrogen-bond donors (Lipinski definition) is 2. The van der Waals surface area contributed by atoms with E-state index in [9.17, 15) is 19.2 Å². The second-order valence-corrected chi connectivity index (χ2v) is 11.3. The van der Waals surface area contributed by atoms with Crippen LogP contribution in [0, 0.1) is 0 Å². The summed E-state index contributed by atoms with van der Waals surface area (Å²) in [6, 6.07) is 14.1. The number of benzene rings is 2. The van der Waals surface area contributed by atoms with Crippen molar-refractivity contribution >= 4 is 47.1 Å². The summed E-state index contributed by atoms with van der Waals surface area (Å²) < 4.78 is 19.7. The number of ether oxygens (including phenoxy) is 4. The van der Waals surface area contributed by atoms with Gasteiger partial charge in [0.05, 0.1) is 60.9 Å². The van der Waals surface area contributed by atoms with Crippen LogP contribution >= 0.6 is 23.2 Å². The van der Waals surface area contributed by atoms with Gasteiger partial charge in [-0.25, -0.2) is 19.2 Å². The van der Waals surface area contributed by atoms with Crippen molar-refractivity contribution in [2.75, 3.05) is 14.2 Å². The second kappa shape index (κ2) is 16.7. The smallest absolute Gasteiger partial charge is 0.341 e. The highest BCUT2D eigenvalue weighted by Gasteiger charge is 2.40. The van der Waals surface area contributed by atoms with Gasteiger partial charge in [0.1, 0.15) is 0 Å². The molecule has 0 bridgehead atoms. The van der Waals surface area contributed by atoms with E-state index in [-0.39, 0.29) is 11.1 Å². The Kier molecular flexibility index (Phi) is 13.0.